The Kier molecular flexibility index (Phi) is 4.41. The van der Waals surface area contributed by atoms with Crippen LogP contribution in [0.15, 0.2) is 30.3 Å². The summed E-state index contributed by atoms with van der Waals surface area (Å²) in [4.78, 5) is 0. The van der Waals surface area contributed by atoms with E-state index in [2.05, 4.69) is 15.9 Å². The van der Waals surface area contributed by atoms with Gasteiger partial charge in [0.1, 0.15) is 0 Å². The third-order valence-corrected chi connectivity index (χ3v) is 3.74. The molecule has 0 saturated heterocycles. The molecule has 1 rings (SSSR count). The second kappa shape index (κ2) is 5.11. The molecule has 0 radical (unpaired) electrons. The maximum Gasteiger partial charge on any atom is 0.0757 e. The maximum absolute atomic E-state index is 6.09. The summed E-state index contributed by atoms with van der Waals surface area (Å²) in [7, 11) is 0. The number of halogens is 3. The van der Waals surface area contributed by atoms with E-state index >= 15 is 0 Å². The van der Waals surface area contributed by atoms with Crippen molar-refractivity contribution in [2.75, 3.05) is 5.33 Å². The van der Waals surface area contributed by atoms with E-state index in [1.807, 2.05) is 30.3 Å². The summed E-state index contributed by atoms with van der Waals surface area (Å²) in [5.41, 5.74) is 1.07. The lowest BCUT2D eigenvalue weighted by Crippen LogP contribution is -2.08. The molecule has 0 bridgehead atoms. The smallest absolute Gasteiger partial charge is 0.0757 e. The largest absolute Gasteiger partial charge is 0.120 e. The summed E-state index contributed by atoms with van der Waals surface area (Å²) in [5, 5.41) is 0.527. The highest BCUT2D eigenvalue weighted by Gasteiger charge is 2.16. The Hall–Kier alpha value is 0.280. The van der Waals surface area contributed by atoms with Crippen LogP contribution in [0, 0.1) is 0 Å². The van der Waals surface area contributed by atoms with Crippen LogP contribution >= 0.6 is 39.1 Å². The predicted octanol–water partition coefficient (Wildman–Crippen LogP) is 3.97. The molecule has 1 aromatic carbocycles. The first-order valence-electron chi connectivity index (χ1n) is 3.64. The Morgan fingerprint density at radius 2 is 1.75 bits per heavy atom. The van der Waals surface area contributed by atoms with Crippen LogP contribution in [0.2, 0.25) is 0 Å². The first-order valence-corrected chi connectivity index (χ1v) is 5.64. The molecule has 0 aliphatic rings. The first kappa shape index (κ1) is 10.4. The summed E-state index contributed by atoms with van der Waals surface area (Å²) in [6.07, 6.45) is 0. The lowest BCUT2D eigenvalue weighted by Gasteiger charge is -2.13. The second-order valence-electron chi connectivity index (χ2n) is 2.48. The van der Waals surface area contributed by atoms with E-state index in [0.717, 1.165) is 5.56 Å². The molecule has 0 amide bonds. The van der Waals surface area contributed by atoms with Crippen LogP contribution in [0.5, 0.6) is 0 Å². The van der Waals surface area contributed by atoms with Crippen LogP contribution in [-0.2, 0) is 0 Å². The molecule has 0 N–H and O–H groups in total. The molecule has 0 heterocycles. The van der Waals surface area contributed by atoms with E-state index in [4.69, 9.17) is 23.2 Å². The van der Waals surface area contributed by atoms with Crippen molar-refractivity contribution >= 4 is 39.1 Å². The summed E-state index contributed by atoms with van der Waals surface area (Å²) in [6.45, 7) is 0. The minimum atomic E-state index is -0.118. The van der Waals surface area contributed by atoms with Gasteiger partial charge < -0.3 is 0 Å². The molecule has 0 aliphatic heterocycles. The van der Waals surface area contributed by atoms with Gasteiger partial charge in [0.2, 0.25) is 0 Å². The Bertz CT molecular complexity index is 225. The zero-order chi connectivity index (χ0) is 8.97. The quantitative estimate of drug-likeness (QED) is 0.727. The Morgan fingerprint density at radius 3 is 2.25 bits per heavy atom. The van der Waals surface area contributed by atoms with Crippen LogP contribution in [-0.4, -0.2) is 10.7 Å². The first-order chi connectivity index (χ1) is 5.75. The molecule has 0 spiro atoms. The molecule has 0 nitrogen and oxygen atoms in total. The normalized spacial score (nSPS) is 15.6. The molecule has 0 aliphatic carbocycles. The van der Waals surface area contributed by atoms with Crippen molar-refractivity contribution in [3.8, 4) is 0 Å². The van der Waals surface area contributed by atoms with Gasteiger partial charge >= 0.3 is 0 Å². The van der Waals surface area contributed by atoms with Crippen LogP contribution in [0.4, 0.5) is 0 Å². The van der Waals surface area contributed by atoms with Gasteiger partial charge in [-0.2, -0.15) is 0 Å². The zero-order valence-corrected chi connectivity index (χ0v) is 9.48. The second-order valence-corrected chi connectivity index (χ2v) is 4.16. The van der Waals surface area contributed by atoms with E-state index < -0.39 is 0 Å². The van der Waals surface area contributed by atoms with Gasteiger partial charge in [0.25, 0.3) is 0 Å². The molecule has 66 valence electrons. The van der Waals surface area contributed by atoms with Crippen molar-refractivity contribution in [1.29, 1.82) is 0 Å². The van der Waals surface area contributed by atoms with E-state index in [1.54, 1.807) is 0 Å². The molecular weight excluding hydrogens is 259 g/mol. The van der Waals surface area contributed by atoms with Crippen LogP contribution in [0.3, 0.4) is 0 Å². The summed E-state index contributed by atoms with van der Waals surface area (Å²) < 4.78 is 0. The average molecular weight is 268 g/mol. The SMILES string of the molecule is ClC(CBr)C(Cl)c1ccccc1. The molecule has 0 aromatic heterocycles. The minimum absolute atomic E-state index is 0.0610. The molecule has 0 fully saturated rings. The topological polar surface area (TPSA) is 0 Å². The third kappa shape index (κ3) is 2.65. The van der Waals surface area contributed by atoms with Gasteiger partial charge in [-0.3, -0.25) is 0 Å². The van der Waals surface area contributed by atoms with Crippen LogP contribution in [0.1, 0.15) is 10.9 Å². The summed E-state index contributed by atoms with van der Waals surface area (Å²) in [5.74, 6) is 0. The predicted molar refractivity (Wildman–Crippen MR) is 58.5 cm³/mol. The van der Waals surface area contributed by atoms with E-state index in [0.29, 0.717) is 5.33 Å². The number of rotatable bonds is 3. The Labute approximate surface area is 91.0 Å². The lowest BCUT2D eigenvalue weighted by atomic mass is 10.1. The summed E-state index contributed by atoms with van der Waals surface area (Å²) in [6, 6.07) is 9.85. The standard InChI is InChI=1S/C9H9BrCl2/c10-6-8(11)9(12)7-4-2-1-3-5-7/h1-5,8-9H,6H2. The number of hydrogen-bond acceptors (Lipinski definition) is 0. The molecule has 0 saturated carbocycles. The fourth-order valence-electron chi connectivity index (χ4n) is 0.924. The van der Waals surface area contributed by atoms with Crippen molar-refractivity contribution < 1.29 is 0 Å². The number of benzene rings is 1. The van der Waals surface area contributed by atoms with Gasteiger partial charge in [0.15, 0.2) is 0 Å². The van der Waals surface area contributed by atoms with Gasteiger partial charge in [-0.15, -0.1) is 23.2 Å². The highest BCUT2D eigenvalue weighted by Crippen LogP contribution is 2.28. The molecule has 1 aromatic rings. The number of alkyl halides is 3. The van der Waals surface area contributed by atoms with Gasteiger partial charge in [-0.05, 0) is 5.56 Å². The van der Waals surface area contributed by atoms with E-state index in [1.165, 1.54) is 0 Å². The fraction of sp³-hybridized carbons (Fsp3) is 0.333. The van der Waals surface area contributed by atoms with E-state index in [9.17, 15) is 0 Å². The van der Waals surface area contributed by atoms with Crippen molar-refractivity contribution in [1.82, 2.24) is 0 Å². The lowest BCUT2D eigenvalue weighted by molar-refractivity contribution is 0.909. The van der Waals surface area contributed by atoms with E-state index in [-0.39, 0.29) is 10.8 Å². The van der Waals surface area contributed by atoms with Crippen molar-refractivity contribution in [2.24, 2.45) is 0 Å². The maximum atomic E-state index is 6.09. The zero-order valence-electron chi connectivity index (χ0n) is 6.38. The number of hydrogen-bond donors (Lipinski definition) is 0. The highest BCUT2D eigenvalue weighted by atomic mass is 79.9. The van der Waals surface area contributed by atoms with Gasteiger partial charge in [0.05, 0.1) is 10.8 Å². The highest BCUT2D eigenvalue weighted by molar-refractivity contribution is 9.09. The average Bonchev–Trinajstić information content (AvgIpc) is 2.17. The molecule has 3 heteroatoms. The third-order valence-electron chi connectivity index (χ3n) is 1.58. The van der Waals surface area contributed by atoms with Crippen molar-refractivity contribution in [3.63, 3.8) is 0 Å². The van der Waals surface area contributed by atoms with Gasteiger partial charge in [0, 0.05) is 5.33 Å². The Morgan fingerprint density at radius 1 is 1.17 bits per heavy atom. The molecule has 2 atom stereocenters. The minimum Gasteiger partial charge on any atom is -0.120 e. The monoisotopic (exact) mass is 266 g/mol. The van der Waals surface area contributed by atoms with Crippen LogP contribution in [0.25, 0.3) is 0 Å². The van der Waals surface area contributed by atoms with Gasteiger partial charge in [-0.1, -0.05) is 46.3 Å². The van der Waals surface area contributed by atoms with Crippen molar-refractivity contribution in [2.45, 2.75) is 10.8 Å². The Balaban J connectivity index is 2.71. The molecule has 2 unspecified atom stereocenters. The molecular formula is C9H9BrCl2. The molecule has 12 heavy (non-hydrogen) atoms. The fourth-order valence-corrected chi connectivity index (χ4v) is 1.89. The van der Waals surface area contributed by atoms with Crippen LogP contribution < -0.4 is 0 Å². The van der Waals surface area contributed by atoms with Crippen molar-refractivity contribution in [3.05, 3.63) is 35.9 Å². The summed E-state index contributed by atoms with van der Waals surface area (Å²) >= 11 is 15.4. The van der Waals surface area contributed by atoms with Gasteiger partial charge in [-0.25, -0.2) is 0 Å².